The normalized spacial score (nSPS) is 21.5. The van der Waals surface area contributed by atoms with Crippen molar-refractivity contribution < 1.29 is 9.53 Å². The summed E-state index contributed by atoms with van der Waals surface area (Å²) in [4.78, 5) is 20.2. The highest BCUT2D eigenvalue weighted by Gasteiger charge is 2.58. The van der Waals surface area contributed by atoms with Gasteiger partial charge in [0.25, 0.3) is 0 Å². The Labute approximate surface area is 139 Å². The van der Waals surface area contributed by atoms with Crippen molar-refractivity contribution in [1.82, 2.24) is 9.97 Å². The number of nitrogens with zero attached hydrogens (tertiary/aromatic N) is 2. The second kappa shape index (κ2) is 4.36. The summed E-state index contributed by atoms with van der Waals surface area (Å²) in [6.07, 6.45) is 0. The summed E-state index contributed by atoms with van der Waals surface area (Å²) >= 11 is 3.38. The van der Waals surface area contributed by atoms with Crippen molar-refractivity contribution in [2.75, 3.05) is 5.32 Å². The molecule has 7 nitrogen and oxygen atoms in total. The molecular formula is C15H10BrN5O2. The number of hydrogen-bond donors (Lipinski definition) is 3. The summed E-state index contributed by atoms with van der Waals surface area (Å²) in [5.41, 5.74) is 6.26. The Morgan fingerprint density at radius 3 is 3.00 bits per heavy atom. The summed E-state index contributed by atoms with van der Waals surface area (Å²) < 4.78 is 6.25. The number of aryl methyl sites for hydroxylation is 1. The quantitative estimate of drug-likeness (QED) is 0.652. The number of aromatic nitrogens is 2. The van der Waals surface area contributed by atoms with Gasteiger partial charge in [-0.05, 0) is 19.1 Å². The number of benzene rings is 1. The molecule has 23 heavy (non-hydrogen) atoms. The SMILES string of the molecule is Cc1nc2c([nH]1)C1(C(=O)Nc3cc(Br)ccc31)C(C#N)=C(N)O2. The lowest BCUT2D eigenvalue weighted by atomic mass is 9.72. The van der Waals surface area contributed by atoms with Crippen LogP contribution in [0.4, 0.5) is 5.69 Å². The van der Waals surface area contributed by atoms with Gasteiger partial charge in [-0.25, -0.2) is 0 Å². The molecule has 0 bridgehead atoms. The van der Waals surface area contributed by atoms with E-state index in [0.29, 0.717) is 22.8 Å². The summed E-state index contributed by atoms with van der Waals surface area (Å²) in [5.74, 6) is 0.306. The van der Waals surface area contributed by atoms with Gasteiger partial charge in [-0.15, -0.1) is 0 Å². The van der Waals surface area contributed by atoms with Gasteiger partial charge in [0.05, 0.1) is 0 Å². The van der Waals surface area contributed by atoms with Gasteiger partial charge in [0.2, 0.25) is 17.7 Å². The fourth-order valence-electron chi connectivity index (χ4n) is 3.18. The lowest BCUT2D eigenvalue weighted by molar-refractivity contribution is -0.118. The molecule has 4 rings (SSSR count). The number of nitrogens with one attached hydrogen (secondary N) is 2. The molecule has 1 aromatic heterocycles. The Kier molecular flexibility index (Phi) is 2.63. The molecule has 0 fully saturated rings. The first kappa shape index (κ1) is 13.8. The molecule has 2 aliphatic heterocycles. The third-order valence-corrected chi connectivity index (χ3v) is 4.57. The van der Waals surface area contributed by atoms with Crippen LogP contribution in [0.5, 0.6) is 5.88 Å². The molecule has 0 saturated carbocycles. The zero-order valence-corrected chi connectivity index (χ0v) is 13.5. The monoisotopic (exact) mass is 371 g/mol. The van der Waals surface area contributed by atoms with Crippen LogP contribution in [-0.4, -0.2) is 15.9 Å². The van der Waals surface area contributed by atoms with E-state index in [1.54, 1.807) is 19.1 Å². The smallest absolute Gasteiger partial charge is 0.246 e. The predicted octanol–water partition coefficient (Wildman–Crippen LogP) is 1.81. The topological polar surface area (TPSA) is 117 Å². The van der Waals surface area contributed by atoms with Crippen molar-refractivity contribution in [1.29, 1.82) is 5.26 Å². The minimum Gasteiger partial charge on any atom is -0.420 e. The Bertz CT molecular complexity index is 955. The fourth-order valence-corrected chi connectivity index (χ4v) is 3.55. The summed E-state index contributed by atoms with van der Waals surface area (Å²) in [6, 6.07) is 7.41. The second-order valence-electron chi connectivity index (χ2n) is 5.35. The van der Waals surface area contributed by atoms with Crippen LogP contribution in [0.2, 0.25) is 0 Å². The van der Waals surface area contributed by atoms with Crippen LogP contribution in [0, 0.1) is 18.3 Å². The molecule has 0 aliphatic carbocycles. The van der Waals surface area contributed by atoms with Crippen LogP contribution < -0.4 is 15.8 Å². The molecule has 1 atom stereocenters. The zero-order valence-electron chi connectivity index (χ0n) is 11.9. The Morgan fingerprint density at radius 1 is 1.48 bits per heavy atom. The van der Waals surface area contributed by atoms with E-state index in [9.17, 15) is 10.1 Å². The van der Waals surface area contributed by atoms with Crippen LogP contribution in [0.1, 0.15) is 17.1 Å². The molecule has 1 aromatic carbocycles. The van der Waals surface area contributed by atoms with Gasteiger partial charge in [-0.2, -0.15) is 10.2 Å². The third-order valence-electron chi connectivity index (χ3n) is 4.08. The van der Waals surface area contributed by atoms with E-state index in [1.807, 2.05) is 12.1 Å². The number of amides is 1. The zero-order chi connectivity index (χ0) is 16.4. The highest BCUT2D eigenvalue weighted by atomic mass is 79.9. The molecule has 4 N–H and O–H groups in total. The van der Waals surface area contributed by atoms with Gasteiger partial charge >= 0.3 is 0 Å². The van der Waals surface area contributed by atoms with Crippen LogP contribution in [0.25, 0.3) is 0 Å². The van der Waals surface area contributed by atoms with Gasteiger partial charge < -0.3 is 20.8 Å². The number of fused-ring (bicyclic) bond motifs is 4. The van der Waals surface area contributed by atoms with E-state index in [2.05, 4.69) is 31.2 Å². The largest absolute Gasteiger partial charge is 0.420 e. The predicted molar refractivity (Wildman–Crippen MR) is 84.3 cm³/mol. The second-order valence-corrected chi connectivity index (χ2v) is 6.27. The molecule has 1 amide bonds. The molecular weight excluding hydrogens is 362 g/mol. The molecule has 0 saturated heterocycles. The Hall–Kier alpha value is -2.79. The number of carbonyl (C=O) groups excluding carboxylic acids is 1. The van der Waals surface area contributed by atoms with Gasteiger partial charge in [0, 0.05) is 15.7 Å². The number of aromatic amines is 1. The average molecular weight is 372 g/mol. The van der Waals surface area contributed by atoms with Gasteiger partial charge in [-0.3, -0.25) is 4.79 Å². The number of nitriles is 1. The lowest BCUT2D eigenvalue weighted by Crippen LogP contribution is -2.42. The van der Waals surface area contributed by atoms with Gasteiger partial charge in [0.15, 0.2) is 5.41 Å². The first-order valence-electron chi connectivity index (χ1n) is 6.75. The van der Waals surface area contributed by atoms with Gasteiger partial charge in [0.1, 0.15) is 23.2 Å². The van der Waals surface area contributed by atoms with Crippen LogP contribution in [-0.2, 0) is 10.2 Å². The van der Waals surface area contributed by atoms with Crippen molar-refractivity contribution in [3.63, 3.8) is 0 Å². The van der Waals surface area contributed by atoms with Crippen molar-refractivity contribution in [2.24, 2.45) is 5.73 Å². The number of nitrogens with two attached hydrogens (primary N) is 1. The van der Waals surface area contributed by atoms with Gasteiger partial charge in [-0.1, -0.05) is 22.0 Å². The average Bonchev–Trinajstić information content (AvgIpc) is 2.98. The van der Waals surface area contributed by atoms with E-state index in [1.165, 1.54) is 0 Å². The minimum absolute atomic E-state index is 0.0484. The Morgan fingerprint density at radius 2 is 2.26 bits per heavy atom. The van der Waals surface area contributed by atoms with Crippen molar-refractivity contribution in [3.05, 3.63) is 51.2 Å². The first-order valence-corrected chi connectivity index (χ1v) is 7.54. The Balaban J connectivity index is 2.14. The van der Waals surface area contributed by atoms with Crippen molar-refractivity contribution in [2.45, 2.75) is 12.3 Å². The van der Waals surface area contributed by atoms with Crippen LogP contribution in [0.15, 0.2) is 34.1 Å². The minimum atomic E-state index is -1.37. The van der Waals surface area contributed by atoms with Crippen LogP contribution >= 0.6 is 15.9 Å². The number of rotatable bonds is 0. The van der Waals surface area contributed by atoms with Crippen LogP contribution in [0.3, 0.4) is 0 Å². The maximum atomic E-state index is 12.9. The maximum Gasteiger partial charge on any atom is 0.246 e. The number of imidazole rings is 1. The number of hydrogen-bond acceptors (Lipinski definition) is 5. The van der Waals surface area contributed by atoms with E-state index < -0.39 is 5.41 Å². The highest BCUT2D eigenvalue weighted by molar-refractivity contribution is 9.10. The number of halogens is 1. The molecule has 0 radical (unpaired) electrons. The van der Waals surface area contributed by atoms with E-state index >= 15 is 0 Å². The lowest BCUT2D eigenvalue weighted by Gasteiger charge is -2.30. The molecule has 8 heteroatoms. The summed E-state index contributed by atoms with van der Waals surface area (Å²) in [6.45, 7) is 1.74. The molecule has 114 valence electrons. The number of H-pyrrole nitrogens is 1. The van der Waals surface area contributed by atoms with Crippen molar-refractivity contribution >= 4 is 27.5 Å². The van der Waals surface area contributed by atoms with Crippen molar-refractivity contribution in [3.8, 4) is 11.9 Å². The molecule has 1 spiro atoms. The number of anilines is 1. The molecule has 2 aromatic rings. The van der Waals surface area contributed by atoms with E-state index in [0.717, 1.165) is 4.47 Å². The van der Waals surface area contributed by atoms with E-state index in [-0.39, 0.29) is 23.2 Å². The number of ether oxygens (including phenoxy) is 1. The standard InChI is InChI=1S/C15H10BrN5O2/c1-6-19-11-13(20-6)23-12(18)9(5-17)15(11)8-3-2-7(16)4-10(8)21-14(15)22/h2-4H,18H2,1H3,(H,19,20)(H,21,22). The molecule has 1 unspecified atom stereocenters. The number of carbonyl (C=O) groups is 1. The molecule has 2 aliphatic rings. The third kappa shape index (κ3) is 1.57. The first-order chi connectivity index (χ1) is 11.0. The highest BCUT2D eigenvalue weighted by Crippen LogP contribution is 2.52. The fraction of sp³-hybridized carbons (Fsp3) is 0.133. The van der Waals surface area contributed by atoms with E-state index in [4.69, 9.17) is 10.5 Å². The summed E-state index contributed by atoms with van der Waals surface area (Å²) in [7, 11) is 0. The molecule has 3 heterocycles. The maximum absolute atomic E-state index is 12.9. The summed E-state index contributed by atoms with van der Waals surface area (Å²) in [5, 5.41) is 12.4.